The smallest absolute Gasteiger partial charge is 0.181 e. The van der Waals surface area contributed by atoms with Gasteiger partial charge >= 0.3 is 0 Å². The van der Waals surface area contributed by atoms with Gasteiger partial charge in [0.1, 0.15) is 11.3 Å². The molecule has 2 heterocycles. The number of rotatable bonds is 3. The minimum absolute atomic E-state index is 0.589. The maximum Gasteiger partial charge on any atom is 0.181 e. The van der Waals surface area contributed by atoms with E-state index in [-0.39, 0.29) is 0 Å². The van der Waals surface area contributed by atoms with Crippen molar-refractivity contribution in [3.63, 3.8) is 0 Å². The number of oxazole rings is 1. The topological polar surface area (TPSA) is 63.8 Å². The quantitative estimate of drug-likeness (QED) is 0.776. The Morgan fingerprint density at radius 3 is 2.84 bits per heavy atom. The first-order valence-electron chi connectivity index (χ1n) is 6.32. The first-order valence-corrected chi connectivity index (χ1v) is 6.32. The third-order valence-electron chi connectivity index (χ3n) is 3.22. The van der Waals surface area contributed by atoms with Crippen LogP contribution in [-0.2, 0) is 0 Å². The van der Waals surface area contributed by atoms with Crippen LogP contribution in [0.15, 0.2) is 41.1 Å². The normalized spacial score (nSPS) is 14.7. The first-order chi connectivity index (χ1) is 9.38. The molecule has 0 atom stereocenters. The lowest BCUT2D eigenvalue weighted by Gasteiger charge is -2.03. The molecule has 1 aliphatic rings. The van der Waals surface area contributed by atoms with Crippen LogP contribution in [0.4, 0.5) is 5.82 Å². The Morgan fingerprint density at radius 1 is 1.11 bits per heavy atom. The van der Waals surface area contributed by atoms with Gasteiger partial charge in [-0.2, -0.15) is 0 Å². The van der Waals surface area contributed by atoms with Crippen molar-refractivity contribution in [2.24, 2.45) is 0 Å². The van der Waals surface area contributed by atoms with E-state index in [1.54, 1.807) is 0 Å². The number of benzene rings is 1. The minimum atomic E-state index is 0.589. The van der Waals surface area contributed by atoms with E-state index >= 15 is 0 Å². The van der Waals surface area contributed by atoms with E-state index in [0.29, 0.717) is 6.04 Å². The monoisotopic (exact) mass is 252 g/mol. The van der Waals surface area contributed by atoms with Crippen LogP contribution in [-0.4, -0.2) is 21.2 Å². The summed E-state index contributed by atoms with van der Waals surface area (Å²) in [6.45, 7) is 0. The fourth-order valence-electron chi connectivity index (χ4n) is 2.01. The minimum Gasteiger partial charge on any atom is -0.443 e. The highest BCUT2D eigenvalue weighted by molar-refractivity contribution is 5.78. The second-order valence-electron chi connectivity index (χ2n) is 4.76. The predicted molar refractivity (Wildman–Crippen MR) is 71.7 cm³/mol. The molecule has 4 rings (SSSR count). The molecule has 3 aromatic rings. The number of hydrogen-bond acceptors (Lipinski definition) is 5. The number of hydrogen-bond donors (Lipinski definition) is 1. The van der Waals surface area contributed by atoms with Gasteiger partial charge < -0.3 is 9.73 Å². The Bertz CT molecular complexity index is 716. The van der Waals surface area contributed by atoms with E-state index < -0.39 is 0 Å². The lowest BCUT2D eigenvalue weighted by atomic mass is 10.1. The van der Waals surface area contributed by atoms with Crippen LogP contribution in [0.3, 0.4) is 0 Å². The lowest BCUT2D eigenvalue weighted by Crippen LogP contribution is -2.03. The van der Waals surface area contributed by atoms with Crippen LogP contribution in [0, 0.1) is 0 Å². The second kappa shape index (κ2) is 4.05. The summed E-state index contributed by atoms with van der Waals surface area (Å²) in [7, 11) is 0. The molecule has 1 N–H and O–H groups in total. The third kappa shape index (κ3) is 2.03. The van der Waals surface area contributed by atoms with Crippen LogP contribution in [0.2, 0.25) is 0 Å². The highest BCUT2D eigenvalue weighted by Gasteiger charge is 2.21. The van der Waals surface area contributed by atoms with E-state index in [9.17, 15) is 0 Å². The molecular formula is C14H12N4O. The first kappa shape index (κ1) is 10.5. The summed E-state index contributed by atoms with van der Waals surface area (Å²) >= 11 is 0. The van der Waals surface area contributed by atoms with Crippen molar-refractivity contribution in [2.75, 3.05) is 5.32 Å². The fraction of sp³-hybridized carbons (Fsp3) is 0.214. The zero-order valence-corrected chi connectivity index (χ0v) is 10.2. The number of aromatic nitrogens is 3. The van der Waals surface area contributed by atoms with Gasteiger partial charge in [0.15, 0.2) is 12.0 Å². The average Bonchev–Trinajstić information content (AvgIpc) is 3.14. The molecule has 94 valence electrons. The molecule has 1 fully saturated rings. The molecular weight excluding hydrogens is 240 g/mol. The Kier molecular flexibility index (Phi) is 2.24. The van der Waals surface area contributed by atoms with Crippen LogP contribution >= 0.6 is 0 Å². The third-order valence-corrected chi connectivity index (χ3v) is 3.22. The van der Waals surface area contributed by atoms with E-state index in [1.807, 2.05) is 30.3 Å². The predicted octanol–water partition coefficient (Wildman–Crippen LogP) is 2.86. The highest BCUT2D eigenvalue weighted by atomic mass is 16.3. The zero-order valence-electron chi connectivity index (χ0n) is 10.2. The second-order valence-corrected chi connectivity index (χ2v) is 4.76. The van der Waals surface area contributed by atoms with Gasteiger partial charge in [0.2, 0.25) is 0 Å². The van der Waals surface area contributed by atoms with Crippen LogP contribution in [0.5, 0.6) is 0 Å². The number of fused-ring (bicyclic) bond motifs is 1. The molecule has 0 bridgehead atoms. The summed E-state index contributed by atoms with van der Waals surface area (Å²) < 4.78 is 5.29. The number of nitrogens with one attached hydrogen (secondary N) is 1. The van der Waals surface area contributed by atoms with Gasteiger partial charge in [-0.25, -0.2) is 4.98 Å². The van der Waals surface area contributed by atoms with Gasteiger partial charge in [-0.1, -0.05) is 6.07 Å². The van der Waals surface area contributed by atoms with Gasteiger partial charge in [0.25, 0.3) is 0 Å². The zero-order chi connectivity index (χ0) is 12.7. The Labute approximate surface area is 109 Å². The fourth-order valence-corrected chi connectivity index (χ4v) is 2.01. The lowest BCUT2D eigenvalue weighted by molar-refractivity contribution is 0.602. The van der Waals surface area contributed by atoms with Crippen LogP contribution < -0.4 is 5.32 Å². The van der Waals surface area contributed by atoms with Gasteiger partial charge in [-0.3, -0.25) is 0 Å². The summed E-state index contributed by atoms with van der Waals surface area (Å²) in [6, 6.07) is 10.3. The van der Waals surface area contributed by atoms with Crippen molar-refractivity contribution in [1.29, 1.82) is 0 Å². The van der Waals surface area contributed by atoms with Crippen molar-refractivity contribution < 1.29 is 4.42 Å². The molecule has 0 spiro atoms. The molecule has 5 nitrogen and oxygen atoms in total. The molecule has 0 unspecified atom stereocenters. The summed E-state index contributed by atoms with van der Waals surface area (Å²) in [5.74, 6) is 0.840. The molecule has 0 saturated heterocycles. The van der Waals surface area contributed by atoms with Crippen molar-refractivity contribution in [3.8, 4) is 11.3 Å². The number of anilines is 1. The van der Waals surface area contributed by atoms with Crippen molar-refractivity contribution in [1.82, 2.24) is 15.2 Å². The summed E-state index contributed by atoms with van der Waals surface area (Å²) in [6.07, 6.45) is 3.90. The SMILES string of the molecule is c1nc2ccc(-c3ccc(NC4CC4)nn3)cc2o1. The molecule has 2 aromatic heterocycles. The molecule has 1 aromatic carbocycles. The maximum absolute atomic E-state index is 5.29. The van der Waals surface area contributed by atoms with Crippen molar-refractivity contribution in [2.45, 2.75) is 18.9 Å². The van der Waals surface area contributed by atoms with E-state index in [2.05, 4.69) is 20.5 Å². The largest absolute Gasteiger partial charge is 0.443 e. The highest BCUT2D eigenvalue weighted by Crippen LogP contribution is 2.25. The Balaban J connectivity index is 1.66. The standard InChI is InChI=1S/C14H12N4O/c1-4-12-13(19-8-15-12)7-9(1)11-5-6-14(18-17-11)16-10-2-3-10/h1,4-8,10H,2-3H2,(H,16,18). The maximum atomic E-state index is 5.29. The molecule has 1 saturated carbocycles. The average molecular weight is 252 g/mol. The van der Waals surface area contributed by atoms with E-state index in [4.69, 9.17) is 4.42 Å². The van der Waals surface area contributed by atoms with Gasteiger partial charge in [0, 0.05) is 11.6 Å². The van der Waals surface area contributed by atoms with Crippen molar-refractivity contribution in [3.05, 3.63) is 36.7 Å². The number of nitrogens with zero attached hydrogens (tertiary/aromatic N) is 3. The summed E-state index contributed by atoms with van der Waals surface area (Å²) in [5, 5.41) is 11.8. The van der Waals surface area contributed by atoms with Crippen LogP contribution in [0.25, 0.3) is 22.4 Å². The molecule has 19 heavy (non-hydrogen) atoms. The Morgan fingerprint density at radius 2 is 2.05 bits per heavy atom. The molecule has 0 aliphatic heterocycles. The Hall–Kier alpha value is -2.43. The van der Waals surface area contributed by atoms with E-state index in [1.165, 1.54) is 19.2 Å². The molecule has 0 radical (unpaired) electrons. The van der Waals surface area contributed by atoms with E-state index in [0.717, 1.165) is 28.2 Å². The van der Waals surface area contributed by atoms with Crippen LogP contribution in [0.1, 0.15) is 12.8 Å². The molecule has 0 amide bonds. The van der Waals surface area contributed by atoms with Gasteiger partial charge in [-0.15, -0.1) is 10.2 Å². The van der Waals surface area contributed by atoms with Crippen molar-refractivity contribution >= 4 is 16.9 Å². The van der Waals surface area contributed by atoms with Gasteiger partial charge in [-0.05, 0) is 37.1 Å². The summed E-state index contributed by atoms with van der Waals surface area (Å²) in [4.78, 5) is 4.09. The van der Waals surface area contributed by atoms with Gasteiger partial charge in [0.05, 0.1) is 5.69 Å². The summed E-state index contributed by atoms with van der Waals surface area (Å²) in [5.41, 5.74) is 3.43. The molecule has 5 heteroatoms. The molecule has 1 aliphatic carbocycles.